The Morgan fingerprint density at radius 1 is 1.54 bits per heavy atom. The van der Waals surface area contributed by atoms with E-state index in [0.29, 0.717) is 5.82 Å². The monoisotopic (exact) mass is 179 g/mol. The second-order valence-electron chi connectivity index (χ2n) is 3.23. The Morgan fingerprint density at radius 2 is 2.31 bits per heavy atom. The summed E-state index contributed by atoms with van der Waals surface area (Å²) in [5.41, 5.74) is 7.78. The number of rotatable bonds is 4. The van der Waals surface area contributed by atoms with Crippen LogP contribution in [0.5, 0.6) is 0 Å². The van der Waals surface area contributed by atoms with Crippen molar-refractivity contribution in [2.45, 2.75) is 26.7 Å². The molecule has 1 aromatic heterocycles. The highest BCUT2D eigenvalue weighted by atomic mass is 14.9. The highest BCUT2D eigenvalue weighted by Crippen LogP contribution is 2.16. The minimum atomic E-state index is 0.585. The highest BCUT2D eigenvalue weighted by Gasteiger charge is 1.98. The van der Waals surface area contributed by atoms with Crippen LogP contribution in [0.4, 0.5) is 11.5 Å². The van der Waals surface area contributed by atoms with Crippen molar-refractivity contribution in [3.63, 3.8) is 0 Å². The molecule has 0 amide bonds. The third-order valence-corrected chi connectivity index (χ3v) is 1.90. The van der Waals surface area contributed by atoms with Gasteiger partial charge in [-0.15, -0.1) is 0 Å². The Kier molecular flexibility index (Phi) is 3.55. The van der Waals surface area contributed by atoms with Gasteiger partial charge in [-0.3, -0.25) is 0 Å². The average molecular weight is 179 g/mol. The van der Waals surface area contributed by atoms with Gasteiger partial charge in [0.25, 0.3) is 0 Å². The lowest BCUT2D eigenvalue weighted by atomic mass is 10.2. The summed E-state index contributed by atoms with van der Waals surface area (Å²) in [6, 6.07) is 2.03. The number of hydrogen-bond donors (Lipinski definition) is 2. The Morgan fingerprint density at radius 3 is 3.00 bits per heavy atom. The van der Waals surface area contributed by atoms with Gasteiger partial charge in [0.05, 0.1) is 5.69 Å². The largest absolute Gasteiger partial charge is 0.382 e. The van der Waals surface area contributed by atoms with Crippen LogP contribution in [0.15, 0.2) is 12.3 Å². The lowest BCUT2D eigenvalue weighted by Gasteiger charge is -2.08. The summed E-state index contributed by atoms with van der Waals surface area (Å²) in [4.78, 5) is 4.07. The molecule has 0 unspecified atom stereocenters. The van der Waals surface area contributed by atoms with Gasteiger partial charge in [-0.05, 0) is 25.0 Å². The van der Waals surface area contributed by atoms with Crippen LogP contribution in [-0.4, -0.2) is 11.5 Å². The molecule has 1 heterocycles. The van der Waals surface area contributed by atoms with Gasteiger partial charge in [0, 0.05) is 12.7 Å². The lowest BCUT2D eigenvalue weighted by molar-refractivity contribution is 0.834. The second kappa shape index (κ2) is 4.70. The number of nitrogens with one attached hydrogen (secondary N) is 1. The zero-order valence-corrected chi connectivity index (χ0v) is 8.30. The summed E-state index contributed by atoms with van der Waals surface area (Å²) >= 11 is 0. The van der Waals surface area contributed by atoms with Crippen LogP contribution in [0.3, 0.4) is 0 Å². The predicted molar refractivity (Wildman–Crippen MR) is 56.8 cm³/mol. The average Bonchev–Trinajstić information content (AvgIpc) is 2.11. The van der Waals surface area contributed by atoms with Crippen molar-refractivity contribution in [2.75, 3.05) is 17.6 Å². The number of hydrogen-bond acceptors (Lipinski definition) is 3. The zero-order valence-electron chi connectivity index (χ0n) is 8.30. The Hall–Kier alpha value is -1.25. The maximum absolute atomic E-state index is 5.70. The molecule has 0 fully saturated rings. The van der Waals surface area contributed by atoms with Crippen molar-refractivity contribution >= 4 is 11.5 Å². The fourth-order valence-corrected chi connectivity index (χ4v) is 1.12. The number of nitrogens with two attached hydrogens (primary N) is 1. The molecule has 0 saturated carbocycles. The van der Waals surface area contributed by atoms with Crippen molar-refractivity contribution in [1.29, 1.82) is 0 Å². The maximum atomic E-state index is 5.70. The van der Waals surface area contributed by atoms with Gasteiger partial charge in [-0.1, -0.05) is 13.3 Å². The molecule has 0 aliphatic carbocycles. The number of aryl methyl sites for hydroxylation is 1. The van der Waals surface area contributed by atoms with Gasteiger partial charge in [-0.25, -0.2) is 4.98 Å². The van der Waals surface area contributed by atoms with E-state index in [9.17, 15) is 0 Å². The number of aromatic nitrogens is 1. The fourth-order valence-electron chi connectivity index (χ4n) is 1.12. The van der Waals surface area contributed by atoms with Gasteiger partial charge in [0.15, 0.2) is 0 Å². The van der Waals surface area contributed by atoms with Crippen LogP contribution in [-0.2, 0) is 0 Å². The van der Waals surface area contributed by atoms with Gasteiger partial charge in [0.2, 0.25) is 0 Å². The first-order chi connectivity index (χ1) is 6.24. The van der Waals surface area contributed by atoms with E-state index >= 15 is 0 Å². The summed E-state index contributed by atoms with van der Waals surface area (Å²) in [6.07, 6.45) is 4.12. The van der Waals surface area contributed by atoms with Gasteiger partial charge >= 0.3 is 0 Å². The first-order valence-corrected chi connectivity index (χ1v) is 4.70. The van der Waals surface area contributed by atoms with Crippen molar-refractivity contribution in [2.24, 2.45) is 0 Å². The molecule has 3 nitrogen and oxygen atoms in total. The second-order valence-corrected chi connectivity index (χ2v) is 3.23. The summed E-state index contributed by atoms with van der Waals surface area (Å²) in [7, 11) is 0. The highest BCUT2D eigenvalue weighted by molar-refractivity contribution is 5.62. The molecule has 0 aliphatic rings. The van der Waals surface area contributed by atoms with E-state index < -0.39 is 0 Å². The quantitative estimate of drug-likeness (QED) is 0.696. The standard InChI is InChI=1S/C10H17N3/c1-3-4-5-12-9-6-8(2)7-13-10(9)11/h6-7,12H,3-5H2,1-2H3,(H2,11,13). The Labute approximate surface area is 79.4 Å². The smallest absolute Gasteiger partial charge is 0.146 e. The molecule has 0 atom stereocenters. The molecule has 13 heavy (non-hydrogen) atoms. The van der Waals surface area contributed by atoms with Gasteiger partial charge in [0.1, 0.15) is 5.82 Å². The molecule has 0 saturated heterocycles. The van der Waals surface area contributed by atoms with Crippen LogP contribution < -0.4 is 11.1 Å². The molecule has 1 rings (SSSR count). The fraction of sp³-hybridized carbons (Fsp3) is 0.500. The SMILES string of the molecule is CCCCNc1cc(C)cnc1N. The molecular formula is C10H17N3. The molecule has 1 aromatic rings. The van der Waals surface area contributed by atoms with Crippen molar-refractivity contribution in [3.8, 4) is 0 Å². The van der Waals surface area contributed by atoms with E-state index in [2.05, 4.69) is 17.2 Å². The summed E-state index contributed by atoms with van der Waals surface area (Å²) in [5, 5.41) is 3.27. The van der Waals surface area contributed by atoms with Crippen molar-refractivity contribution in [3.05, 3.63) is 17.8 Å². The van der Waals surface area contributed by atoms with Gasteiger partial charge < -0.3 is 11.1 Å². The van der Waals surface area contributed by atoms with Crippen LogP contribution >= 0.6 is 0 Å². The van der Waals surface area contributed by atoms with Crippen LogP contribution in [0.2, 0.25) is 0 Å². The van der Waals surface area contributed by atoms with E-state index in [1.54, 1.807) is 6.20 Å². The van der Waals surface area contributed by atoms with Crippen LogP contribution in [0.1, 0.15) is 25.3 Å². The van der Waals surface area contributed by atoms with Crippen molar-refractivity contribution < 1.29 is 0 Å². The Bertz CT molecular complexity index is 271. The normalized spacial score (nSPS) is 10.0. The molecule has 72 valence electrons. The molecule has 0 radical (unpaired) electrons. The van der Waals surface area contributed by atoms with Crippen LogP contribution in [0, 0.1) is 6.92 Å². The predicted octanol–water partition coefficient (Wildman–Crippen LogP) is 2.18. The first kappa shape index (κ1) is 9.84. The molecular weight excluding hydrogens is 162 g/mol. The third-order valence-electron chi connectivity index (χ3n) is 1.90. The van der Waals surface area contributed by atoms with E-state index in [-0.39, 0.29) is 0 Å². The minimum Gasteiger partial charge on any atom is -0.382 e. The topological polar surface area (TPSA) is 50.9 Å². The zero-order chi connectivity index (χ0) is 9.68. The van der Waals surface area contributed by atoms with E-state index in [4.69, 9.17) is 5.73 Å². The van der Waals surface area contributed by atoms with Crippen molar-refractivity contribution in [1.82, 2.24) is 4.98 Å². The molecule has 0 aromatic carbocycles. The molecule has 0 aliphatic heterocycles. The molecule has 0 bridgehead atoms. The molecule has 3 N–H and O–H groups in total. The third kappa shape index (κ3) is 2.93. The Balaban J connectivity index is 2.59. The molecule has 0 spiro atoms. The lowest BCUT2D eigenvalue weighted by Crippen LogP contribution is -2.05. The van der Waals surface area contributed by atoms with Crippen LogP contribution in [0.25, 0.3) is 0 Å². The van der Waals surface area contributed by atoms with Gasteiger partial charge in [-0.2, -0.15) is 0 Å². The number of nitrogen functional groups attached to an aromatic ring is 1. The number of nitrogens with zero attached hydrogens (tertiary/aromatic N) is 1. The number of pyridine rings is 1. The minimum absolute atomic E-state index is 0.585. The maximum Gasteiger partial charge on any atom is 0.146 e. The van der Waals surface area contributed by atoms with E-state index in [1.165, 1.54) is 6.42 Å². The summed E-state index contributed by atoms with van der Waals surface area (Å²) < 4.78 is 0. The first-order valence-electron chi connectivity index (χ1n) is 4.70. The van der Waals surface area contributed by atoms with E-state index in [1.807, 2.05) is 13.0 Å². The molecule has 3 heteroatoms. The van der Waals surface area contributed by atoms with E-state index in [0.717, 1.165) is 24.2 Å². The summed E-state index contributed by atoms with van der Waals surface area (Å²) in [5.74, 6) is 0.585. The number of anilines is 2. The summed E-state index contributed by atoms with van der Waals surface area (Å²) in [6.45, 7) is 5.14. The number of unbranched alkanes of at least 4 members (excludes halogenated alkanes) is 1.